The predicted molar refractivity (Wildman–Crippen MR) is 154 cm³/mol. The summed E-state index contributed by atoms with van der Waals surface area (Å²) < 4.78 is 95.3. The average Bonchev–Trinajstić information content (AvgIpc) is 3.80. The summed E-state index contributed by atoms with van der Waals surface area (Å²) in [5, 5.41) is 11.9. The van der Waals surface area contributed by atoms with Crippen molar-refractivity contribution in [3.8, 4) is 6.07 Å². The van der Waals surface area contributed by atoms with Gasteiger partial charge in [0.2, 0.25) is 0 Å². The Morgan fingerprint density at radius 1 is 1.09 bits per heavy atom. The van der Waals surface area contributed by atoms with Crippen molar-refractivity contribution in [3.05, 3.63) is 88.7 Å². The van der Waals surface area contributed by atoms with Gasteiger partial charge in [0.1, 0.15) is 9.84 Å². The number of fused-ring (bicyclic) bond motifs is 2. The van der Waals surface area contributed by atoms with Gasteiger partial charge in [0.05, 0.1) is 57.6 Å². The third kappa shape index (κ3) is 5.21. The van der Waals surface area contributed by atoms with Crippen molar-refractivity contribution in [2.75, 3.05) is 15.8 Å². The molecule has 1 saturated heterocycles. The number of sulfonamides is 1. The summed E-state index contributed by atoms with van der Waals surface area (Å²) in [4.78, 5) is 17.0. The van der Waals surface area contributed by atoms with E-state index in [0.717, 1.165) is 25.0 Å². The van der Waals surface area contributed by atoms with Crippen LogP contribution >= 0.6 is 0 Å². The fraction of sp³-hybridized carbons (Fsp3) is 0.367. The number of pyridine rings is 1. The first-order valence-electron chi connectivity index (χ1n) is 14.0. The van der Waals surface area contributed by atoms with Crippen LogP contribution in [-0.4, -0.2) is 45.3 Å². The van der Waals surface area contributed by atoms with E-state index in [4.69, 9.17) is 0 Å². The number of amides is 1. The zero-order valence-corrected chi connectivity index (χ0v) is 24.8. The Kier molecular flexibility index (Phi) is 7.24. The summed E-state index contributed by atoms with van der Waals surface area (Å²) in [5.41, 5.74) is -1.11. The van der Waals surface area contributed by atoms with Gasteiger partial charge in [0.25, 0.3) is 15.9 Å². The van der Waals surface area contributed by atoms with Crippen LogP contribution in [0.3, 0.4) is 0 Å². The molecule has 1 amide bonds. The van der Waals surface area contributed by atoms with Crippen molar-refractivity contribution in [2.24, 2.45) is 5.92 Å². The number of carbonyl (C=O) groups is 1. The van der Waals surface area contributed by atoms with Crippen LogP contribution in [0.1, 0.15) is 58.4 Å². The number of rotatable bonds is 6. The molecule has 3 heterocycles. The Bertz CT molecular complexity index is 1900. The summed E-state index contributed by atoms with van der Waals surface area (Å²) in [6.07, 6.45) is -1.66. The van der Waals surface area contributed by atoms with Crippen LogP contribution in [0.5, 0.6) is 0 Å². The molecule has 2 aliphatic heterocycles. The van der Waals surface area contributed by atoms with Crippen LogP contribution in [0.4, 0.5) is 18.9 Å². The molecule has 1 N–H and O–H groups in total. The lowest BCUT2D eigenvalue weighted by Gasteiger charge is -2.41. The molecule has 2 fully saturated rings. The molecule has 9 nitrogen and oxygen atoms in total. The highest BCUT2D eigenvalue weighted by molar-refractivity contribution is 7.93. The maximum Gasteiger partial charge on any atom is 0.418 e. The van der Waals surface area contributed by atoms with E-state index < -0.39 is 55.5 Å². The molecule has 1 spiro atoms. The Labute approximate surface area is 252 Å². The standard InChI is InChI=1S/C30H27F3N4O5S2/c31-30(32,33)23-5-2-12-35-25(23)18-36-28(38)21-8-9-26-24(16-21)29(10-13-43(39,40)14-11-29)27(20-6-7-20)37(26)44(41,42)22-4-1-3-19(15-22)17-34/h1-5,8-9,12,15-16,20,27H,6-7,10-11,13-14,18H2,(H,36,38). The van der Waals surface area contributed by atoms with E-state index in [2.05, 4.69) is 10.3 Å². The molecule has 1 aliphatic carbocycles. The van der Waals surface area contributed by atoms with Gasteiger partial charge in [-0.3, -0.25) is 14.1 Å². The normalized spacial score (nSPS) is 20.6. The Balaban J connectivity index is 1.42. The van der Waals surface area contributed by atoms with E-state index in [1.54, 1.807) is 6.07 Å². The molecule has 0 radical (unpaired) electrons. The third-order valence-electron chi connectivity index (χ3n) is 8.77. The second kappa shape index (κ2) is 10.6. The molecule has 1 aromatic heterocycles. The van der Waals surface area contributed by atoms with Crippen molar-refractivity contribution >= 4 is 31.5 Å². The van der Waals surface area contributed by atoms with E-state index in [-0.39, 0.29) is 52.0 Å². The Morgan fingerprint density at radius 2 is 1.82 bits per heavy atom. The fourth-order valence-corrected chi connectivity index (χ4v) is 9.94. The van der Waals surface area contributed by atoms with Crippen molar-refractivity contribution < 1.29 is 34.8 Å². The maximum atomic E-state index is 14.3. The molecule has 1 saturated carbocycles. The summed E-state index contributed by atoms with van der Waals surface area (Å²) in [7, 11) is -7.58. The smallest absolute Gasteiger partial charge is 0.346 e. The number of nitrogens with zero attached hydrogens (tertiary/aromatic N) is 3. The topological polar surface area (TPSA) is 137 Å². The van der Waals surface area contributed by atoms with Gasteiger partial charge < -0.3 is 5.32 Å². The van der Waals surface area contributed by atoms with E-state index in [1.165, 1.54) is 46.9 Å². The number of aromatic nitrogens is 1. The first-order valence-corrected chi connectivity index (χ1v) is 17.2. The first kappa shape index (κ1) is 30.1. The number of halogens is 3. The van der Waals surface area contributed by atoms with E-state index in [0.29, 0.717) is 11.3 Å². The van der Waals surface area contributed by atoms with E-state index in [9.17, 15) is 40.1 Å². The number of hydrogen-bond acceptors (Lipinski definition) is 7. The molecule has 1 atom stereocenters. The van der Waals surface area contributed by atoms with E-state index in [1.807, 2.05) is 6.07 Å². The Hall–Kier alpha value is -3.96. The molecule has 14 heteroatoms. The predicted octanol–water partition coefficient (Wildman–Crippen LogP) is 4.34. The van der Waals surface area contributed by atoms with Crippen molar-refractivity contribution in [3.63, 3.8) is 0 Å². The number of carbonyl (C=O) groups excluding carboxylic acids is 1. The molecule has 1 unspecified atom stereocenters. The number of alkyl halides is 3. The van der Waals surface area contributed by atoms with Gasteiger partial charge in [0, 0.05) is 17.2 Å². The molecule has 230 valence electrons. The number of benzene rings is 2. The minimum Gasteiger partial charge on any atom is -0.346 e. The molecule has 44 heavy (non-hydrogen) atoms. The summed E-state index contributed by atoms with van der Waals surface area (Å²) in [5.74, 6) is -1.02. The van der Waals surface area contributed by atoms with Crippen LogP contribution in [-0.2, 0) is 38.0 Å². The SMILES string of the molecule is N#Cc1cccc(S(=O)(=O)N2c3ccc(C(=O)NCc4ncccc4C(F)(F)F)cc3C3(CCS(=O)(=O)CC3)C2C2CC2)c1. The van der Waals surface area contributed by atoms with Crippen molar-refractivity contribution in [1.29, 1.82) is 5.26 Å². The summed E-state index contributed by atoms with van der Waals surface area (Å²) in [6.45, 7) is -0.491. The highest BCUT2D eigenvalue weighted by Gasteiger charge is 2.60. The number of hydrogen-bond donors (Lipinski definition) is 1. The molecular formula is C30H27F3N4O5S2. The lowest BCUT2D eigenvalue weighted by Crippen LogP contribution is -2.52. The highest BCUT2D eigenvalue weighted by Crippen LogP contribution is 2.59. The average molecular weight is 645 g/mol. The van der Waals surface area contributed by atoms with Gasteiger partial charge in [-0.1, -0.05) is 6.07 Å². The lowest BCUT2D eigenvalue weighted by molar-refractivity contribution is -0.138. The van der Waals surface area contributed by atoms with Gasteiger partial charge in [-0.2, -0.15) is 18.4 Å². The maximum absolute atomic E-state index is 14.3. The minimum atomic E-state index is -4.66. The van der Waals surface area contributed by atoms with Crippen LogP contribution in [0.15, 0.2) is 65.7 Å². The minimum absolute atomic E-state index is 0.0423. The summed E-state index contributed by atoms with van der Waals surface area (Å²) >= 11 is 0. The molecule has 6 rings (SSSR count). The number of anilines is 1. The first-order chi connectivity index (χ1) is 20.8. The largest absolute Gasteiger partial charge is 0.418 e. The number of nitriles is 1. The second-order valence-corrected chi connectivity index (χ2v) is 15.6. The molecule has 3 aliphatic rings. The highest BCUT2D eigenvalue weighted by atomic mass is 32.2. The van der Waals surface area contributed by atoms with Crippen LogP contribution < -0.4 is 9.62 Å². The lowest BCUT2D eigenvalue weighted by atomic mass is 9.70. The Morgan fingerprint density at radius 3 is 2.48 bits per heavy atom. The zero-order valence-electron chi connectivity index (χ0n) is 23.2. The van der Waals surface area contributed by atoms with Gasteiger partial charge in [-0.05, 0) is 85.7 Å². The van der Waals surface area contributed by atoms with Gasteiger partial charge in [0.15, 0.2) is 0 Å². The van der Waals surface area contributed by atoms with Crippen LogP contribution in [0.2, 0.25) is 0 Å². The molecule has 0 bridgehead atoms. The van der Waals surface area contributed by atoms with Gasteiger partial charge >= 0.3 is 6.18 Å². The third-order valence-corrected chi connectivity index (χ3v) is 12.2. The van der Waals surface area contributed by atoms with Gasteiger partial charge in [-0.15, -0.1) is 0 Å². The zero-order chi connectivity index (χ0) is 31.5. The second-order valence-electron chi connectivity index (χ2n) is 11.4. The van der Waals surface area contributed by atoms with Crippen molar-refractivity contribution in [1.82, 2.24) is 10.3 Å². The van der Waals surface area contributed by atoms with Crippen LogP contribution in [0.25, 0.3) is 0 Å². The fourth-order valence-electron chi connectivity index (χ4n) is 6.55. The molecule has 2 aromatic carbocycles. The summed E-state index contributed by atoms with van der Waals surface area (Å²) in [6, 6.07) is 13.5. The van der Waals surface area contributed by atoms with Crippen LogP contribution in [0, 0.1) is 17.2 Å². The quantitative estimate of drug-likeness (QED) is 0.422. The number of sulfone groups is 1. The monoisotopic (exact) mass is 644 g/mol. The van der Waals surface area contributed by atoms with E-state index >= 15 is 0 Å². The molecular weight excluding hydrogens is 617 g/mol. The molecule has 3 aromatic rings. The number of nitrogens with one attached hydrogen (secondary N) is 1. The van der Waals surface area contributed by atoms with Crippen molar-refractivity contribution in [2.45, 2.75) is 54.8 Å². The van der Waals surface area contributed by atoms with Gasteiger partial charge in [-0.25, -0.2) is 16.8 Å².